The molecule has 0 fully saturated rings. The summed E-state index contributed by atoms with van der Waals surface area (Å²) in [6, 6.07) is 21.7. The molecule has 3 aromatic carbocycles. The zero-order valence-electron chi connectivity index (χ0n) is 20.6. The summed E-state index contributed by atoms with van der Waals surface area (Å²) in [6.45, 7) is 1.19. The predicted molar refractivity (Wildman–Crippen MR) is 138 cm³/mol. The molecule has 10 heteroatoms. The first-order chi connectivity index (χ1) is 18.4. The molecule has 0 aliphatic rings. The zero-order valence-corrected chi connectivity index (χ0v) is 20.6. The first kappa shape index (κ1) is 27.9. The average Bonchev–Trinajstić information content (AvgIpc) is 2.93. The van der Waals surface area contributed by atoms with E-state index in [-0.39, 0.29) is 19.0 Å². The van der Waals surface area contributed by atoms with E-state index in [9.17, 15) is 19.5 Å². The lowest BCUT2D eigenvalue weighted by molar-refractivity contribution is -0.124. The lowest BCUT2D eigenvalue weighted by Gasteiger charge is -2.27. The Morgan fingerprint density at radius 3 is 2.29 bits per heavy atom. The Balaban J connectivity index is 1.97. The summed E-state index contributed by atoms with van der Waals surface area (Å²) in [4.78, 5) is 36.3. The number of carbonyl (C=O) groups excluding carboxylic acids is 3. The molecule has 38 heavy (non-hydrogen) atoms. The number of ketones is 1. The Morgan fingerprint density at radius 2 is 1.63 bits per heavy atom. The van der Waals surface area contributed by atoms with Crippen molar-refractivity contribution in [3.63, 3.8) is 0 Å². The van der Waals surface area contributed by atoms with Gasteiger partial charge >= 0.3 is 6.09 Å². The van der Waals surface area contributed by atoms with Gasteiger partial charge in [0.2, 0.25) is 0 Å². The number of aliphatic hydroxyl groups excluding tert-OH is 1. The highest BCUT2D eigenvalue weighted by Crippen LogP contribution is 2.33. The molecule has 3 rings (SSSR count). The highest BCUT2D eigenvalue weighted by molar-refractivity contribution is 5.95. The van der Waals surface area contributed by atoms with Gasteiger partial charge in [-0.05, 0) is 55.5 Å². The van der Waals surface area contributed by atoms with Crippen molar-refractivity contribution in [1.29, 1.82) is 0 Å². The van der Waals surface area contributed by atoms with Crippen molar-refractivity contribution in [3.8, 4) is 11.5 Å². The van der Waals surface area contributed by atoms with Gasteiger partial charge in [-0.1, -0.05) is 36.4 Å². The van der Waals surface area contributed by atoms with Crippen LogP contribution in [-0.4, -0.2) is 47.4 Å². The van der Waals surface area contributed by atoms with Crippen molar-refractivity contribution in [3.05, 3.63) is 102 Å². The minimum Gasteiger partial charge on any atom is -0.491 e. The molecule has 2 amide bonds. The Morgan fingerprint density at radius 1 is 0.947 bits per heavy atom. The van der Waals surface area contributed by atoms with E-state index in [2.05, 4.69) is 5.32 Å². The molecular formula is C28H28N2O8. The fourth-order valence-corrected chi connectivity index (χ4v) is 3.44. The second kappa shape index (κ2) is 14.2. The molecule has 0 saturated carbocycles. The van der Waals surface area contributed by atoms with Crippen molar-refractivity contribution in [1.82, 2.24) is 5.48 Å². The Kier molecular flexibility index (Phi) is 10.4. The SMILES string of the molecule is CC(=O)c1ccc(NC(=O)O[C@H](c2ccccc2OCCO)[C@@H](/C=C/C(=O)NO)Oc2ccccc2)cc1. The summed E-state index contributed by atoms with van der Waals surface area (Å²) in [5, 5.41) is 20.8. The summed E-state index contributed by atoms with van der Waals surface area (Å²) in [5.74, 6) is -0.176. The monoisotopic (exact) mass is 520 g/mol. The van der Waals surface area contributed by atoms with Crippen LogP contribution in [0.15, 0.2) is 91.0 Å². The molecule has 0 aliphatic carbocycles. The molecule has 10 nitrogen and oxygen atoms in total. The number of carbonyl (C=O) groups is 3. The molecule has 198 valence electrons. The van der Waals surface area contributed by atoms with Crippen molar-refractivity contribution in [2.24, 2.45) is 0 Å². The summed E-state index contributed by atoms with van der Waals surface area (Å²) < 4.78 is 17.5. The molecule has 0 bridgehead atoms. The molecule has 2 atom stereocenters. The first-order valence-corrected chi connectivity index (χ1v) is 11.7. The highest BCUT2D eigenvalue weighted by atomic mass is 16.6. The maximum atomic E-state index is 13.0. The van der Waals surface area contributed by atoms with Gasteiger partial charge in [0, 0.05) is 22.9 Å². The molecule has 0 saturated heterocycles. The molecule has 3 aromatic rings. The zero-order chi connectivity index (χ0) is 27.3. The van der Waals surface area contributed by atoms with Gasteiger partial charge in [0.15, 0.2) is 18.0 Å². The fraction of sp³-hybridized carbons (Fsp3) is 0.179. The van der Waals surface area contributed by atoms with Crippen LogP contribution in [0.3, 0.4) is 0 Å². The minimum absolute atomic E-state index is 0.00854. The third kappa shape index (κ3) is 8.19. The number of benzene rings is 3. The second-order valence-corrected chi connectivity index (χ2v) is 7.93. The quantitative estimate of drug-likeness (QED) is 0.121. The summed E-state index contributed by atoms with van der Waals surface area (Å²) >= 11 is 0. The molecule has 0 spiro atoms. The first-order valence-electron chi connectivity index (χ1n) is 11.7. The Hall–Kier alpha value is -4.67. The molecule has 4 N–H and O–H groups in total. The van der Waals surface area contributed by atoms with Crippen molar-refractivity contribution in [2.75, 3.05) is 18.5 Å². The molecule has 0 aliphatic heterocycles. The van der Waals surface area contributed by atoms with E-state index < -0.39 is 24.2 Å². The van der Waals surface area contributed by atoms with E-state index in [1.807, 2.05) is 0 Å². The van der Waals surface area contributed by atoms with Gasteiger partial charge in [0.1, 0.15) is 18.1 Å². The van der Waals surface area contributed by atoms with E-state index in [4.69, 9.17) is 19.4 Å². The van der Waals surface area contributed by atoms with Gasteiger partial charge in [0.25, 0.3) is 5.91 Å². The number of Topliss-reactive ketones (excluding diaryl/α,β-unsaturated/α-hetero) is 1. The smallest absolute Gasteiger partial charge is 0.412 e. The van der Waals surface area contributed by atoms with Crippen LogP contribution in [0.1, 0.15) is 28.9 Å². The van der Waals surface area contributed by atoms with Crippen LogP contribution in [0, 0.1) is 0 Å². The third-order valence-electron chi connectivity index (χ3n) is 5.21. The maximum absolute atomic E-state index is 13.0. The number of hydrogen-bond acceptors (Lipinski definition) is 8. The van der Waals surface area contributed by atoms with Gasteiger partial charge in [0.05, 0.1) is 6.61 Å². The third-order valence-corrected chi connectivity index (χ3v) is 5.21. The normalized spacial score (nSPS) is 12.3. The van der Waals surface area contributed by atoms with Gasteiger partial charge in [-0.25, -0.2) is 10.3 Å². The van der Waals surface area contributed by atoms with Crippen LogP contribution in [0.2, 0.25) is 0 Å². The lowest BCUT2D eigenvalue weighted by Crippen LogP contribution is -2.30. The van der Waals surface area contributed by atoms with Crippen LogP contribution in [0.4, 0.5) is 10.5 Å². The van der Waals surface area contributed by atoms with Crippen molar-refractivity contribution < 1.29 is 38.9 Å². The van der Waals surface area contributed by atoms with Crippen LogP contribution in [0.5, 0.6) is 11.5 Å². The largest absolute Gasteiger partial charge is 0.491 e. The van der Waals surface area contributed by atoms with Gasteiger partial charge < -0.3 is 19.3 Å². The Labute approximate surface area is 219 Å². The van der Waals surface area contributed by atoms with E-state index >= 15 is 0 Å². The number of anilines is 1. The van der Waals surface area contributed by atoms with E-state index in [0.29, 0.717) is 28.3 Å². The maximum Gasteiger partial charge on any atom is 0.412 e. The van der Waals surface area contributed by atoms with Gasteiger partial charge in [-0.3, -0.25) is 20.1 Å². The summed E-state index contributed by atoms with van der Waals surface area (Å²) in [6.07, 6.45) is -0.673. The van der Waals surface area contributed by atoms with Crippen molar-refractivity contribution in [2.45, 2.75) is 19.1 Å². The minimum atomic E-state index is -1.15. The van der Waals surface area contributed by atoms with E-state index in [0.717, 1.165) is 6.08 Å². The number of rotatable bonds is 12. The topological polar surface area (TPSA) is 143 Å². The fourth-order valence-electron chi connectivity index (χ4n) is 3.44. The molecule has 0 unspecified atom stereocenters. The van der Waals surface area contributed by atoms with Crippen molar-refractivity contribution >= 4 is 23.5 Å². The van der Waals surface area contributed by atoms with E-state index in [1.54, 1.807) is 78.9 Å². The van der Waals surface area contributed by atoms with Gasteiger partial charge in [-0.2, -0.15) is 0 Å². The number of hydrogen-bond donors (Lipinski definition) is 4. The number of ether oxygens (including phenoxy) is 3. The second-order valence-electron chi connectivity index (χ2n) is 7.93. The molecular weight excluding hydrogens is 492 g/mol. The number of aliphatic hydroxyl groups is 1. The Bertz CT molecular complexity index is 1250. The average molecular weight is 521 g/mol. The van der Waals surface area contributed by atoms with E-state index in [1.165, 1.54) is 18.5 Å². The molecule has 0 heterocycles. The van der Waals surface area contributed by atoms with Gasteiger partial charge in [-0.15, -0.1) is 0 Å². The number of para-hydroxylation sites is 2. The summed E-state index contributed by atoms with van der Waals surface area (Å²) in [5.41, 5.74) is 2.79. The number of amides is 2. The standard InChI is InChI=1S/C28H28N2O8/c1-19(32)20-11-13-21(14-12-20)29-28(34)38-27(23-9-5-6-10-24(23)36-18-17-31)25(15-16-26(33)30-35)37-22-7-3-2-4-8-22/h2-16,25,27,31,35H,17-18H2,1H3,(H,29,34)(H,30,33)/b16-15+/t25-,27-/m1/s1. The highest BCUT2D eigenvalue weighted by Gasteiger charge is 2.30. The van der Waals surface area contributed by atoms with Crippen LogP contribution >= 0.6 is 0 Å². The van der Waals surface area contributed by atoms with Crippen LogP contribution in [-0.2, 0) is 9.53 Å². The van der Waals surface area contributed by atoms with Crippen LogP contribution in [0.25, 0.3) is 0 Å². The summed E-state index contributed by atoms with van der Waals surface area (Å²) in [7, 11) is 0. The van der Waals surface area contributed by atoms with Crippen LogP contribution < -0.4 is 20.3 Å². The lowest BCUT2D eigenvalue weighted by atomic mass is 10.0. The number of hydroxylamine groups is 1. The predicted octanol–water partition coefficient (Wildman–Crippen LogP) is 4.06. The molecule has 0 radical (unpaired) electrons. The molecule has 0 aromatic heterocycles. The number of nitrogens with one attached hydrogen (secondary N) is 2.